The molecule has 1 aliphatic rings. The van der Waals surface area contributed by atoms with Crippen LogP contribution in [0.15, 0.2) is 91.5 Å². The molecule has 1 aliphatic heterocycles. The second-order valence-corrected chi connectivity index (χ2v) is 9.65. The predicted octanol–water partition coefficient (Wildman–Crippen LogP) is 5.73. The van der Waals surface area contributed by atoms with E-state index in [-0.39, 0.29) is 23.7 Å². The van der Waals surface area contributed by atoms with Crippen molar-refractivity contribution in [1.82, 2.24) is 9.80 Å². The topological polar surface area (TPSA) is 47.0 Å². The minimum Gasteiger partial charge on any atom is -0.508 e. The minimum absolute atomic E-state index is 0.0163. The van der Waals surface area contributed by atoms with Crippen LogP contribution in [0.25, 0.3) is 0 Å². The van der Waals surface area contributed by atoms with E-state index in [0.29, 0.717) is 18.2 Å². The summed E-state index contributed by atoms with van der Waals surface area (Å²) in [5.74, 6) is 0.231. The van der Waals surface area contributed by atoms with E-state index in [4.69, 9.17) is 0 Å². The first-order valence-corrected chi connectivity index (χ1v) is 12.8. The smallest absolute Gasteiger partial charge is 0.258 e. The molecule has 4 rings (SSSR count). The second-order valence-electron chi connectivity index (χ2n) is 9.65. The molecule has 0 radical (unpaired) electrons. The molecule has 188 valence electrons. The molecule has 0 aliphatic carbocycles. The lowest BCUT2D eigenvalue weighted by Gasteiger charge is -2.47. The third-order valence-electron chi connectivity index (χ3n) is 7.12. The van der Waals surface area contributed by atoms with Crippen molar-refractivity contribution in [3.63, 3.8) is 0 Å². The second kappa shape index (κ2) is 11.5. The summed E-state index contributed by atoms with van der Waals surface area (Å²) < 4.78 is 0. The minimum atomic E-state index is -0.0833. The van der Waals surface area contributed by atoms with Crippen molar-refractivity contribution in [3.05, 3.63) is 108 Å². The molecule has 1 N–H and O–H groups in total. The number of benzene rings is 3. The van der Waals surface area contributed by atoms with Crippen LogP contribution in [0.2, 0.25) is 0 Å². The summed E-state index contributed by atoms with van der Waals surface area (Å²) in [6, 6.07) is 25.8. The lowest BCUT2D eigenvalue weighted by atomic mass is 9.92. The molecule has 0 aromatic heterocycles. The normalized spacial score (nSPS) is 19.5. The standard InChI is InChI=1S/C31H37N3O2/c1-5-18-32-21-24(4)34(22-23(32)3)30(26-13-11-17-29(35)20-26)25-12-10-14-27(19-25)31(36)33(6-2)28-15-8-7-9-16-28/h5,7-17,19-20,23-24,30,35H,1,6,18,21-22H2,2-4H3/t23-,24+,30?/m1/s1. The van der Waals surface area contributed by atoms with E-state index < -0.39 is 0 Å². The zero-order valence-electron chi connectivity index (χ0n) is 21.5. The highest BCUT2D eigenvalue weighted by molar-refractivity contribution is 6.06. The van der Waals surface area contributed by atoms with Gasteiger partial charge in [-0.15, -0.1) is 6.58 Å². The zero-order chi connectivity index (χ0) is 25.7. The van der Waals surface area contributed by atoms with E-state index in [0.717, 1.165) is 36.4 Å². The third-order valence-corrected chi connectivity index (χ3v) is 7.12. The van der Waals surface area contributed by atoms with E-state index in [9.17, 15) is 9.90 Å². The van der Waals surface area contributed by atoms with Gasteiger partial charge in [-0.3, -0.25) is 14.6 Å². The Morgan fingerprint density at radius 3 is 2.36 bits per heavy atom. The quantitative estimate of drug-likeness (QED) is 0.416. The fourth-order valence-electron chi connectivity index (χ4n) is 5.32. The van der Waals surface area contributed by atoms with Gasteiger partial charge in [0.15, 0.2) is 0 Å². The van der Waals surface area contributed by atoms with Crippen LogP contribution >= 0.6 is 0 Å². The Morgan fingerprint density at radius 2 is 1.69 bits per heavy atom. The van der Waals surface area contributed by atoms with Crippen molar-refractivity contribution in [2.45, 2.75) is 38.9 Å². The van der Waals surface area contributed by atoms with Gasteiger partial charge in [0.05, 0.1) is 6.04 Å². The van der Waals surface area contributed by atoms with Gasteiger partial charge in [0.1, 0.15) is 5.75 Å². The number of anilines is 1. The number of hydrogen-bond acceptors (Lipinski definition) is 4. The highest BCUT2D eigenvalue weighted by atomic mass is 16.3. The molecular formula is C31H37N3O2. The van der Waals surface area contributed by atoms with Gasteiger partial charge in [0.2, 0.25) is 0 Å². The van der Waals surface area contributed by atoms with Crippen LogP contribution in [0.3, 0.4) is 0 Å². The lowest BCUT2D eigenvalue weighted by molar-refractivity contribution is 0.0306. The maximum absolute atomic E-state index is 13.6. The van der Waals surface area contributed by atoms with Crippen LogP contribution in [0.5, 0.6) is 5.75 Å². The van der Waals surface area contributed by atoms with Gasteiger partial charge < -0.3 is 10.0 Å². The summed E-state index contributed by atoms with van der Waals surface area (Å²) >= 11 is 0. The molecule has 1 amide bonds. The number of nitrogens with zero attached hydrogens (tertiary/aromatic N) is 3. The van der Waals surface area contributed by atoms with Gasteiger partial charge in [-0.05, 0) is 68.3 Å². The molecule has 3 aromatic carbocycles. The molecule has 1 unspecified atom stereocenters. The van der Waals surface area contributed by atoms with Gasteiger partial charge in [-0.2, -0.15) is 0 Å². The Hall–Kier alpha value is -3.41. The number of phenols is 1. The van der Waals surface area contributed by atoms with Crippen LogP contribution in [0.4, 0.5) is 5.69 Å². The molecule has 3 atom stereocenters. The maximum Gasteiger partial charge on any atom is 0.258 e. The summed E-state index contributed by atoms with van der Waals surface area (Å²) in [6.45, 7) is 13.7. The average molecular weight is 484 g/mol. The number of amides is 1. The summed E-state index contributed by atoms with van der Waals surface area (Å²) in [4.78, 5) is 20.4. The number of piperazine rings is 1. The lowest BCUT2D eigenvalue weighted by Crippen LogP contribution is -2.57. The van der Waals surface area contributed by atoms with Gasteiger partial charge >= 0.3 is 0 Å². The van der Waals surface area contributed by atoms with Crippen molar-refractivity contribution in [1.29, 1.82) is 0 Å². The monoisotopic (exact) mass is 483 g/mol. The van der Waals surface area contributed by atoms with Crippen molar-refractivity contribution >= 4 is 11.6 Å². The number of carbonyl (C=O) groups excluding carboxylic acids is 1. The highest BCUT2D eigenvalue weighted by Crippen LogP contribution is 2.35. The van der Waals surface area contributed by atoms with E-state index in [2.05, 4.69) is 42.4 Å². The van der Waals surface area contributed by atoms with Crippen LogP contribution in [0.1, 0.15) is 48.3 Å². The molecule has 5 nitrogen and oxygen atoms in total. The Bertz CT molecular complexity index is 1180. The van der Waals surface area contributed by atoms with Gasteiger partial charge in [0, 0.05) is 49.5 Å². The summed E-state index contributed by atoms with van der Waals surface area (Å²) in [5, 5.41) is 10.3. The van der Waals surface area contributed by atoms with Crippen molar-refractivity contribution in [2.75, 3.05) is 31.1 Å². The number of rotatable bonds is 8. The predicted molar refractivity (Wildman–Crippen MR) is 148 cm³/mol. The Kier molecular flexibility index (Phi) is 8.24. The Morgan fingerprint density at radius 1 is 1.00 bits per heavy atom. The fourth-order valence-corrected chi connectivity index (χ4v) is 5.32. The molecule has 36 heavy (non-hydrogen) atoms. The molecule has 0 saturated carbocycles. The Labute approximate surface area is 215 Å². The number of phenolic OH excluding ortho intramolecular Hbond substituents is 1. The first kappa shape index (κ1) is 25.7. The van der Waals surface area contributed by atoms with Crippen LogP contribution in [0, 0.1) is 0 Å². The average Bonchev–Trinajstić information content (AvgIpc) is 2.88. The first-order chi connectivity index (χ1) is 17.4. The molecule has 1 heterocycles. The Balaban J connectivity index is 1.72. The highest BCUT2D eigenvalue weighted by Gasteiger charge is 2.34. The van der Waals surface area contributed by atoms with Crippen molar-refractivity contribution in [2.24, 2.45) is 0 Å². The van der Waals surface area contributed by atoms with Gasteiger partial charge in [0.25, 0.3) is 5.91 Å². The first-order valence-electron chi connectivity index (χ1n) is 12.8. The van der Waals surface area contributed by atoms with E-state index in [1.54, 1.807) is 11.0 Å². The number of hydrogen-bond donors (Lipinski definition) is 1. The summed E-state index contributed by atoms with van der Waals surface area (Å²) in [6.07, 6.45) is 1.97. The maximum atomic E-state index is 13.6. The third kappa shape index (κ3) is 5.53. The molecule has 5 heteroatoms. The molecule has 1 saturated heterocycles. The van der Waals surface area contributed by atoms with Crippen LogP contribution in [-0.2, 0) is 0 Å². The molecule has 0 spiro atoms. The number of para-hydroxylation sites is 1. The number of carbonyl (C=O) groups is 1. The summed E-state index contributed by atoms with van der Waals surface area (Å²) in [5.41, 5.74) is 3.62. The molecular weight excluding hydrogens is 446 g/mol. The SMILES string of the molecule is C=CCN1C[C@H](C)N(C(c2cccc(O)c2)c2cccc(C(=O)N(CC)c3ccccc3)c2)C[C@H]1C. The fraction of sp³-hybridized carbons (Fsp3) is 0.323. The molecule has 1 fully saturated rings. The van der Waals surface area contributed by atoms with Gasteiger partial charge in [-0.25, -0.2) is 0 Å². The van der Waals surface area contributed by atoms with Crippen LogP contribution < -0.4 is 4.90 Å². The van der Waals surface area contributed by atoms with Crippen molar-refractivity contribution < 1.29 is 9.90 Å². The summed E-state index contributed by atoms with van der Waals surface area (Å²) in [7, 11) is 0. The van der Waals surface area contributed by atoms with E-state index in [1.807, 2.05) is 73.7 Å². The van der Waals surface area contributed by atoms with Crippen molar-refractivity contribution in [3.8, 4) is 5.75 Å². The van der Waals surface area contributed by atoms with E-state index in [1.165, 1.54) is 0 Å². The largest absolute Gasteiger partial charge is 0.508 e. The number of aromatic hydroxyl groups is 1. The zero-order valence-corrected chi connectivity index (χ0v) is 21.5. The van der Waals surface area contributed by atoms with Gasteiger partial charge in [-0.1, -0.05) is 48.5 Å². The van der Waals surface area contributed by atoms with Crippen LogP contribution in [-0.4, -0.2) is 59.1 Å². The molecule has 3 aromatic rings. The van der Waals surface area contributed by atoms with E-state index >= 15 is 0 Å². The molecule has 0 bridgehead atoms.